The summed E-state index contributed by atoms with van der Waals surface area (Å²) in [6, 6.07) is 0. The van der Waals surface area contributed by atoms with Crippen molar-refractivity contribution in [2.45, 2.75) is 5.97 Å². The van der Waals surface area contributed by atoms with Crippen LogP contribution < -0.4 is 17.7 Å². The van der Waals surface area contributed by atoms with Gasteiger partial charge >= 0.3 is 5.97 Å². The number of hydrogen-bond donors (Lipinski definition) is 4. The summed E-state index contributed by atoms with van der Waals surface area (Å²) in [5.41, 5.74) is 0. The van der Waals surface area contributed by atoms with E-state index in [1.165, 1.54) is 5.32 Å². The quantitative estimate of drug-likeness (QED) is 0.291. The van der Waals surface area contributed by atoms with Crippen LogP contribution in [-0.4, -0.2) is 34.9 Å². The Morgan fingerprint density at radius 3 is 1.75 bits per heavy atom. The molecule has 0 atom stereocenters. The molecule has 0 aliphatic rings. The first-order chi connectivity index (χ1) is 3.06. The molecule has 0 aliphatic heterocycles. The Morgan fingerprint density at radius 2 is 1.75 bits per heavy atom. The minimum Gasteiger partial charge on any atom is -1.00 e. The maximum absolute atomic E-state index is 8.10. The van der Waals surface area contributed by atoms with Gasteiger partial charge in [0, 0.05) is 0 Å². The van der Waals surface area contributed by atoms with Crippen LogP contribution in [0.4, 0.5) is 0 Å². The first kappa shape index (κ1) is 11.0. The van der Waals surface area contributed by atoms with Gasteiger partial charge in [-0.25, -0.2) is 0 Å². The number of rotatable bonds is 2. The monoisotopic (exact) mass is 143 g/mol. The van der Waals surface area contributed by atoms with E-state index >= 15 is 0 Å². The third-order valence-electron chi connectivity index (χ3n) is 0.478. The second-order valence-corrected chi connectivity index (χ2v) is 1.39. The lowest BCUT2D eigenvalue weighted by Gasteiger charge is -2.08. The molecule has 0 unspecified atom stereocenters. The highest BCUT2D eigenvalue weighted by Crippen LogP contribution is 1.81. The summed E-state index contributed by atoms with van der Waals surface area (Å²) in [7, 11) is 1.62. The largest absolute Gasteiger partial charge is 1.00 e. The van der Waals surface area contributed by atoms with Crippen LogP contribution in [0.2, 0.25) is 0 Å². The van der Waals surface area contributed by atoms with Gasteiger partial charge in [0.2, 0.25) is 0 Å². The zero-order valence-corrected chi connectivity index (χ0v) is 5.26. The van der Waals surface area contributed by atoms with Crippen LogP contribution in [0.3, 0.4) is 0 Å². The van der Waals surface area contributed by atoms with Crippen LogP contribution in [0.5, 0.6) is 0 Å². The highest BCUT2D eigenvalue weighted by molar-refractivity contribution is 4.34. The molecule has 5 N–H and O–H groups in total. The molecule has 4 nitrogen and oxygen atoms in total. The van der Waals surface area contributed by atoms with Crippen molar-refractivity contribution in [1.82, 2.24) is 0 Å². The van der Waals surface area contributed by atoms with E-state index in [-0.39, 0.29) is 19.0 Å². The SMILES string of the molecule is C[NH2+]CC(O)(O)O.[Cl-]. The predicted molar refractivity (Wildman–Crippen MR) is 22.1 cm³/mol. The molecular formula is C3H10ClNO3. The molecule has 8 heavy (non-hydrogen) atoms. The molecule has 0 aromatic rings. The number of hydrogen-bond acceptors (Lipinski definition) is 3. The van der Waals surface area contributed by atoms with Gasteiger partial charge in [0.25, 0.3) is 0 Å². The van der Waals surface area contributed by atoms with Gasteiger partial charge in [-0.3, -0.25) is 0 Å². The Morgan fingerprint density at radius 1 is 1.38 bits per heavy atom. The molecule has 0 heterocycles. The van der Waals surface area contributed by atoms with Gasteiger partial charge in [-0.1, -0.05) is 0 Å². The average molecular weight is 144 g/mol. The molecule has 0 spiro atoms. The predicted octanol–water partition coefficient (Wildman–Crippen LogP) is -6.19. The van der Waals surface area contributed by atoms with E-state index < -0.39 is 5.97 Å². The topological polar surface area (TPSA) is 77.3 Å². The van der Waals surface area contributed by atoms with E-state index in [9.17, 15) is 0 Å². The van der Waals surface area contributed by atoms with E-state index in [2.05, 4.69) is 0 Å². The van der Waals surface area contributed by atoms with E-state index in [0.29, 0.717) is 0 Å². The molecule has 0 saturated carbocycles. The van der Waals surface area contributed by atoms with Crippen molar-refractivity contribution in [3.05, 3.63) is 0 Å². The molecule has 0 radical (unpaired) electrons. The lowest BCUT2D eigenvalue weighted by Crippen LogP contribution is -3.00. The fourth-order valence-corrected chi connectivity index (χ4v) is 0.274. The number of halogens is 1. The van der Waals surface area contributed by atoms with Gasteiger partial charge in [0.1, 0.15) is 0 Å². The fraction of sp³-hybridized carbons (Fsp3) is 1.00. The van der Waals surface area contributed by atoms with Crippen LogP contribution in [-0.2, 0) is 0 Å². The molecule has 0 aliphatic carbocycles. The van der Waals surface area contributed by atoms with Crippen molar-refractivity contribution in [3.8, 4) is 0 Å². The van der Waals surface area contributed by atoms with Gasteiger partial charge in [-0.05, 0) is 0 Å². The third kappa shape index (κ3) is 9.46. The number of nitrogens with two attached hydrogens (primary N) is 1. The van der Waals surface area contributed by atoms with E-state index in [1.807, 2.05) is 0 Å². The summed E-state index contributed by atoms with van der Waals surface area (Å²) in [6.07, 6.45) is 0. The smallest absolute Gasteiger partial charge is 0.327 e. The van der Waals surface area contributed by atoms with Crippen molar-refractivity contribution < 1.29 is 33.0 Å². The van der Waals surface area contributed by atoms with Crippen LogP contribution in [0.15, 0.2) is 0 Å². The Labute approximate surface area is 53.6 Å². The highest BCUT2D eigenvalue weighted by Gasteiger charge is 2.18. The Bertz CT molecular complexity index is 53.0. The van der Waals surface area contributed by atoms with Crippen molar-refractivity contribution in [2.24, 2.45) is 0 Å². The second-order valence-electron chi connectivity index (χ2n) is 1.39. The maximum Gasteiger partial charge on any atom is 0.327 e. The summed E-state index contributed by atoms with van der Waals surface area (Å²) in [5.74, 6) is -2.51. The van der Waals surface area contributed by atoms with Gasteiger partial charge in [-0.2, -0.15) is 0 Å². The molecule has 0 bridgehead atoms. The molecule has 5 heteroatoms. The fourth-order valence-electron chi connectivity index (χ4n) is 0.274. The van der Waals surface area contributed by atoms with Crippen LogP contribution in [0.1, 0.15) is 0 Å². The van der Waals surface area contributed by atoms with Crippen LogP contribution in [0, 0.1) is 0 Å². The summed E-state index contributed by atoms with van der Waals surface area (Å²) in [4.78, 5) is 0. The van der Waals surface area contributed by atoms with Gasteiger partial charge in [0.05, 0.1) is 7.05 Å². The van der Waals surface area contributed by atoms with Crippen molar-refractivity contribution in [2.75, 3.05) is 13.6 Å². The zero-order valence-electron chi connectivity index (χ0n) is 4.50. The molecule has 0 aromatic heterocycles. The lowest BCUT2D eigenvalue weighted by atomic mass is 10.6. The van der Waals surface area contributed by atoms with Gasteiger partial charge < -0.3 is 33.0 Å². The van der Waals surface area contributed by atoms with Crippen LogP contribution in [0.25, 0.3) is 0 Å². The van der Waals surface area contributed by atoms with E-state index in [4.69, 9.17) is 15.3 Å². The van der Waals surface area contributed by atoms with Crippen LogP contribution >= 0.6 is 0 Å². The van der Waals surface area contributed by atoms with Gasteiger partial charge in [0.15, 0.2) is 6.54 Å². The van der Waals surface area contributed by atoms with Crippen molar-refractivity contribution in [1.29, 1.82) is 0 Å². The highest BCUT2D eigenvalue weighted by atomic mass is 35.5. The Hall–Kier alpha value is 0.130. The summed E-state index contributed by atoms with van der Waals surface area (Å²) in [6.45, 7) is -0.118. The van der Waals surface area contributed by atoms with Crippen molar-refractivity contribution in [3.63, 3.8) is 0 Å². The summed E-state index contributed by atoms with van der Waals surface area (Å²) < 4.78 is 0. The minimum atomic E-state index is -2.51. The molecule has 0 fully saturated rings. The minimum absolute atomic E-state index is 0. The summed E-state index contributed by atoms with van der Waals surface area (Å²) >= 11 is 0. The van der Waals surface area contributed by atoms with Crippen molar-refractivity contribution >= 4 is 0 Å². The Balaban J connectivity index is 0. The molecule has 0 rings (SSSR count). The number of aliphatic hydroxyl groups is 3. The molecular weight excluding hydrogens is 133 g/mol. The van der Waals surface area contributed by atoms with E-state index in [1.54, 1.807) is 7.05 Å². The average Bonchev–Trinajstić information content (AvgIpc) is 1.30. The Kier molecular flexibility index (Phi) is 5.57. The third-order valence-corrected chi connectivity index (χ3v) is 0.478. The molecule has 0 aromatic carbocycles. The number of likely N-dealkylation sites (N-methyl/N-ethyl adjacent to an activating group) is 1. The number of quaternary nitrogens is 1. The molecule has 0 amide bonds. The molecule has 0 saturated heterocycles. The molecule has 52 valence electrons. The first-order valence-corrected chi connectivity index (χ1v) is 2.01. The first-order valence-electron chi connectivity index (χ1n) is 2.01. The summed E-state index contributed by atoms with van der Waals surface area (Å²) in [5, 5.41) is 25.8. The maximum atomic E-state index is 8.10. The normalized spacial score (nSPS) is 10.5. The van der Waals surface area contributed by atoms with E-state index in [0.717, 1.165) is 0 Å². The zero-order chi connectivity index (χ0) is 5.91. The standard InChI is InChI=1S/C3H9NO3.ClH/c1-4-2-3(5,6)7;/h4-7H,2H2,1H3;1H. The second kappa shape index (κ2) is 4.05. The lowest BCUT2D eigenvalue weighted by molar-refractivity contribution is -0.664. The van der Waals surface area contributed by atoms with Gasteiger partial charge in [-0.15, -0.1) is 0 Å².